The van der Waals surface area contributed by atoms with E-state index in [0.29, 0.717) is 16.3 Å². The van der Waals surface area contributed by atoms with Crippen LogP contribution in [0.3, 0.4) is 0 Å². The van der Waals surface area contributed by atoms with Crippen LogP contribution in [0.2, 0.25) is 5.15 Å². The lowest BCUT2D eigenvalue weighted by Gasteiger charge is -1.99. The molecular formula is C10H10ClNO. The Bertz CT molecular complexity index is 358. The summed E-state index contributed by atoms with van der Waals surface area (Å²) in [5.74, 6) is -0.00759. The standard InChI is InChI=1S/C10H10ClNO/c1-3-7(2)10(13)8-4-5-12-9(11)6-8/h3-6H,1-2H3. The summed E-state index contributed by atoms with van der Waals surface area (Å²) in [7, 11) is 0. The predicted molar refractivity (Wildman–Crippen MR) is 53.0 cm³/mol. The highest BCUT2D eigenvalue weighted by Gasteiger charge is 2.07. The number of carbonyl (C=O) groups excluding carboxylic acids is 1. The molecule has 0 fully saturated rings. The highest BCUT2D eigenvalue weighted by atomic mass is 35.5. The van der Waals surface area contributed by atoms with E-state index < -0.39 is 0 Å². The second-order valence-electron chi connectivity index (χ2n) is 2.67. The average Bonchev–Trinajstić information content (AvgIpc) is 2.15. The SMILES string of the molecule is CC=C(C)C(=O)c1ccnc(Cl)c1. The molecule has 3 heteroatoms. The minimum absolute atomic E-state index is 0.00759. The molecule has 68 valence electrons. The van der Waals surface area contributed by atoms with Crippen molar-refractivity contribution < 1.29 is 4.79 Å². The van der Waals surface area contributed by atoms with Crippen LogP contribution < -0.4 is 0 Å². The number of carbonyl (C=O) groups is 1. The fourth-order valence-electron chi connectivity index (χ4n) is 0.902. The Kier molecular flexibility index (Phi) is 3.20. The summed E-state index contributed by atoms with van der Waals surface area (Å²) in [6, 6.07) is 3.22. The van der Waals surface area contributed by atoms with Gasteiger partial charge in [0, 0.05) is 11.8 Å². The molecule has 13 heavy (non-hydrogen) atoms. The van der Waals surface area contributed by atoms with Crippen molar-refractivity contribution in [1.29, 1.82) is 0 Å². The molecule has 0 spiro atoms. The minimum Gasteiger partial charge on any atom is -0.289 e. The van der Waals surface area contributed by atoms with Crippen molar-refractivity contribution in [3.05, 3.63) is 40.7 Å². The zero-order valence-corrected chi connectivity index (χ0v) is 8.30. The lowest BCUT2D eigenvalue weighted by molar-refractivity contribution is 0.103. The molecule has 0 amide bonds. The van der Waals surface area contributed by atoms with Crippen molar-refractivity contribution in [3.63, 3.8) is 0 Å². The molecule has 0 atom stereocenters. The van der Waals surface area contributed by atoms with E-state index in [4.69, 9.17) is 11.6 Å². The third-order valence-corrected chi connectivity index (χ3v) is 1.99. The monoisotopic (exact) mass is 195 g/mol. The van der Waals surface area contributed by atoms with Gasteiger partial charge in [-0.1, -0.05) is 17.7 Å². The maximum atomic E-state index is 11.6. The number of hydrogen-bond acceptors (Lipinski definition) is 2. The summed E-state index contributed by atoms with van der Waals surface area (Å²) >= 11 is 5.65. The van der Waals surface area contributed by atoms with Gasteiger partial charge in [0.05, 0.1) is 0 Å². The van der Waals surface area contributed by atoms with Gasteiger partial charge in [-0.05, 0) is 31.6 Å². The minimum atomic E-state index is -0.00759. The molecule has 0 aliphatic rings. The maximum Gasteiger partial charge on any atom is 0.188 e. The van der Waals surface area contributed by atoms with Gasteiger partial charge in [0.2, 0.25) is 0 Å². The van der Waals surface area contributed by atoms with Gasteiger partial charge >= 0.3 is 0 Å². The Hall–Kier alpha value is -1.15. The molecule has 0 saturated carbocycles. The lowest BCUT2D eigenvalue weighted by atomic mass is 10.1. The Labute approximate surface area is 82.3 Å². The number of pyridine rings is 1. The van der Waals surface area contributed by atoms with Gasteiger partial charge in [-0.3, -0.25) is 4.79 Å². The van der Waals surface area contributed by atoms with Crippen LogP contribution in [0.25, 0.3) is 0 Å². The molecule has 0 saturated heterocycles. The van der Waals surface area contributed by atoms with Crippen LogP contribution in [0, 0.1) is 0 Å². The normalized spacial score (nSPS) is 11.5. The molecule has 0 bridgehead atoms. The zero-order chi connectivity index (χ0) is 9.84. The summed E-state index contributed by atoms with van der Waals surface area (Å²) in [6.45, 7) is 3.60. The molecule has 1 aromatic heterocycles. The summed E-state index contributed by atoms with van der Waals surface area (Å²) in [6.07, 6.45) is 3.30. The summed E-state index contributed by atoms with van der Waals surface area (Å²) in [5.41, 5.74) is 1.29. The first-order valence-corrected chi connectivity index (χ1v) is 4.32. The number of rotatable bonds is 2. The van der Waals surface area contributed by atoms with Crippen molar-refractivity contribution in [2.24, 2.45) is 0 Å². The van der Waals surface area contributed by atoms with Gasteiger partial charge in [0.25, 0.3) is 0 Å². The number of allylic oxidation sites excluding steroid dienone is 2. The number of halogens is 1. The number of ketones is 1. The second-order valence-corrected chi connectivity index (χ2v) is 3.06. The average molecular weight is 196 g/mol. The highest BCUT2D eigenvalue weighted by Crippen LogP contribution is 2.11. The Morgan fingerprint density at radius 3 is 2.85 bits per heavy atom. The number of Topliss-reactive ketones (excluding diaryl/α,β-unsaturated/α-hetero) is 1. The molecule has 1 aromatic rings. The van der Waals surface area contributed by atoms with Gasteiger partial charge in [0.1, 0.15) is 5.15 Å². The molecule has 0 radical (unpaired) electrons. The van der Waals surface area contributed by atoms with Crippen molar-refractivity contribution in [2.45, 2.75) is 13.8 Å². The fraction of sp³-hybridized carbons (Fsp3) is 0.200. The van der Waals surface area contributed by atoms with Crippen molar-refractivity contribution >= 4 is 17.4 Å². The Morgan fingerprint density at radius 2 is 2.31 bits per heavy atom. The summed E-state index contributed by atoms with van der Waals surface area (Å²) < 4.78 is 0. The maximum absolute atomic E-state index is 11.6. The molecule has 0 unspecified atom stereocenters. The molecule has 1 rings (SSSR count). The van der Waals surface area contributed by atoms with Crippen LogP contribution in [0.1, 0.15) is 24.2 Å². The van der Waals surface area contributed by atoms with E-state index in [2.05, 4.69) is 4.98 Å². The van der Waals surface area contributed by atoms with E-state index in [1.807, 2.05) is 6.92 Å². The van der Waals surface area contributed by atoms with Gasteiger partial charge in [-0.25, -0.2) is 4.98 Å². The third kappa shape index (κ3) is 2.39. The molecule has 0 aliphatic carbocycles. The molecule has 0 aliphatic heterocycles. The van der Waals surface area contributed by atoms with Crippen LogP contribution in [0.5, 0.6) is 0 Å². The van der Waals surface area contributed by atoms with Crippen molar-refractivity contribution in [2.75, 3.05) is 0 Å². The number of nitrogens with zero attached hydrogens (tertiary/aromatic N) is 1. The van der Waals surface area contributed by atoms with E-state index in [-0.39, 0.29) is 5.78 Å². The van der Waals surface area contributed by atoms with Crippen LogP contribution in [0.15, 0.2) is 30.0 Å². The number of hydrogen-bond donors (Lipinski definition) is 0. The van der Waals surface area contributed by atoms with E-state index in [1.54, 1.807) is 25.1 Å². The number of aromatic nitrogens is 1. The van der Waals surface area contributed by atoms with Gasteiger partial charge in [-0.2, -0.15) is 0 Å². The molecule has 0 N–H and O–H groups in total. The van der Waals surface area contributed by atoms with Crippen molar-refractivity contribution in [1.82, 2.24) is 4.98 Å². The summed E-state index contributed by atoms with van der Waals surface area (Å²) in [4.78, 5) is 15.4. The quantitative estimate of drug-likeness (QED) is 0.413. The first kappa shape index (κ1) is 9.93. The van der Waals surface area contributed by atoms with Gasteiger partial charge < -0.3 is 0 Å². The van der Waals surface area contributed by atoms with Crippen LogP contribution in [-0.2, 0) is 0 Å². The van der Waals surface area contributed by atoms with Gasteiger partial charge in [0.15, 0.2) is 5.78 Å². The second kappa shape index (κ2) is 4.19. The molecule has 0 aromatic carbocycles. The van der Waals surface area contributed by atoms with E-state index >= 15 is 0 Å². The lowest BCUT2D eigenvalue weighted by Crippen LogP contribution is -2.00. The molecular weight excluding hydrogens is 186 g/mol. The highest BCUT2D eigenvalue weighted by molar-refractivity contribution is 6.29. The van der Waals surface area contributed by atoms with Crippen LogP contribution in [0.4, 0.5) is 0 Å². The smallest absolute Gasteiger partial charge is 0.188 e. The van der Waals surface area contributed by atoms with Gasteiger partial charge in [-0.15, -0.1) is 0 Å². The predicted octanol–water partition coefficient (Wildman–Crippen LogP) is 2.88. The topological polar surface area (TPSA) is 30.0 Å². The summed E-state index contributed by atoms with van der Waals surface area (Å²) in [5, 5.41) is 0.342. The fourth-order valence-corrected chi connectivity index (χ4v) is 1.08. The third-order valence-electron chi connectivity index (χ3n) is 1.78. The van der Waals surface area contributed by atoms with Crippen LogP contribution >= 0.6 is 11.6 Å². The first-order valence-electron chi connectivity index (χ1n) is 3.94. The first-order chi connectivity index (χ1) is 6.15. The van der Waals surface area contributed by atoms with Crippen LogP contribution in [-0.4, -0.2) is 10.8 Å². The van der Waals surface area contributed by atoms with E-state index in [9.17, 15) is 4.79 Å². The van der Waals surface area contributed by atoms with E-state index in [0.717, 1.165) is 0 Å². The largest absolute Gasteiger partial charge is 0.289 e. The zero-order valence-electron chi connectivity index (χ0n) is 7.54. The molecule has 1 heterocycles. The Balaban J connectivity index is 3.03. The van der Waals surface area contributed by atoms with Crippen molar-refractivity contribution in [3.8, 4) is 0 Å². The van der Waals surface area contributed by atoms with E-state index in [1.165, 1.54) is 6.20 Å². The molecule has 2 nitrogen and oxygen atoms in total. The Morgan fingerprint density at radius 1 is 1.62 bits per heavy atom.